The molecule has 0 aliphatic heterocycles. The predicted molar refractivity (Wildman–Crippen MR) is 125 cm³/mol. The molecule has 0 aliphatic carbocycles. The maximum absolute atomic E-state index is 12.8. The van der Waals surface area contributed by atoms with Crippen molar-refractivity contribution < 1.29 is 23.5 Å². The number of benzene rings is 1. The quantitative estimate of drug-likeness (QED) is 0.347. The molecule has 0 saturated carbocycles. The molecule has 30 heavy (non-hydrogen) atoms. The minimum Gasteiger partial charge on any atom is -0.507 e. The third-order valence-electron chi connectivity index (χ3n) is 5.01. The molecule has 170 valence electrons. The number of Topliss-reactive ketones (excluding diaryl/α,β-unsaturated/α-hetero) is 1. The number of carbonyl (C=O) groups is 1. The Kier molecular flexibility index (Phi) is 9.10. The Morgan fingerprint density at radius 3 is 2.00 bits per heavy atom. The fourth-order valence-electron chi connectivity index (χ4n) is 3.07. The average Bonchev–Trinajstić information content (AvgIpc) is 2.62. The van der Waals surface area contributed by atoms with Crippen molar-refractivity contribution in [3.63, 3.8) is 0 Å². The van der Waals surface area contributed by atoms with Gasteiger partial charge in [0.1, 0.15) is 12.4 Å². The Balaban J connectivity index is 3.47. The third kappa shape index (κ3) is 7.68. The van der Waals surface area contributed by atoms with Crippen molar-refractivity contribution in [1.29, 1.82) is 0 Å². The number of carbonyl (C=O) groups excluding carboxylic acids is 1. The number of hydrogen-bond donors (Lipinski definition) is 1. The smallest absolute Gasteiger partial charge is 0.327 e. The van der Waals surface area contributed by atoms with Gasteiger partial charge in [0.25, 0.3) is 0 Å². The topological polar surface area (TPSA) is 72.8 Å². The summed E-state index contributed by atoms with van der Waals surface area (Å²) < 4.78 is 22.0. The van der Waals surface area contributed by atoms with Gasteiger partial charge in [0.15, 0.2) is 5.78 Å². The van der Waals surface area contributed by atoms with Crippen LogP contribution in [0.1, 0.15) is 84.4 Å². The van der Waals surface area contributed by atoms with Crippen LogP contribution in [0.5, 0.6) is 5.75 Å². The summed E-state index contributed by atoms with van der Waals surface area (Å²) in [6.07, 6.45) is 4.29. The van der Waals surface area contributed by atoms with Crippen LogP contribution in [0.3, 0.4) is 0 Å². The summed E-state index contributed by atoms with van der Waals surface area (Å²) in [5, 5.41) is 10.9. The molecule has 1 rings (SSSR count). The fourth-order valence-corrected chi connectivity index (χ4v) is 3.52. The first kappa shape index (κ1) is 26.6. The third-order valence-corrected chi connectivity index (χ3v) is 6.27. The van der Waals surface area contributed by atoms with Crippen molar-refractivity contribution in [3.05, 3.63) is 34.4 Å². The van der Waals surface area contributed by atoms with Gasteiger partial charge in [-0.15, -0.1) is 0 Å². The molecule has 1 aromatic carbocycles. The van der Waals surface area contributed by atoms with E-state index < -0.39 is 7.60 Å². The zero-order valence-corrected chi connectivity index (χ0v) is 21.0. The standard InChI is InChI=1S/C24H39O5P/c1-10-11-12-18(21(25)16-29-30(9,27)28-8)13-17-14-19(23(2,3)4)22(26)20(15-17)24(5,6)7/h13-15,26H,10-12,16H2,1-9H3. The van der Waals surface area contributed by atoms with E-state index in [2.05, 4.69) is 48.5 Å². The zero-order chi connectivity index (χ0) is 23.3. The molecule has 0 bridgehead atoms. The molecule has 1 atom stereocenters. The largest absolute Gasteiger partial charge is 0.507 e. The molecule has 0 spiro atoms. The van der Waals surface area contributed by atoms with Crippen LogP contribution in [0.25, 0.3) is 6.08 Å². The molecule has 1 aromatic rings. The van der Waals surface area contributed by atoms with Crippen molar-refractivity contribution >= 4 is 19.5 Å². The van der Waals surface area contributed by atoms with Crippen LogP contribution < -0.4 is 0 Å². The summed E-state index contributed by atoms with van der Waals surface area (Å²) in [5.74, 6) is 0.106. The van der Waals surface area contributed by atoms with E-state index in [1.165, 1.54) is 13.8 Å². The molecule has 0 amide bonds. The van der Waals surface area contributed by atoms with E-state index in [0.29, 0.717) is 17.7 Å². The molecule has 0 fully saturated rings. The molecule has 1 unspecified atom stereocenters. The molecular formula is C24H39O5P. The lowest BCUT2D eigenvalue weighted by atomic mass is 9.78. The fraction of sp³-hybridized carbons (Fsp3) is 0.625. The summed E-state index contributed by atoms with van der Waals surface area (Å²) in [7, 11) is -1.92. The highest BCUT2D eigenvalue weighted by Crippen LogP contribution is 2.43. The van der Waals surface area contributed by atoms with Crippen molar-refractivity contribution in [2.75, 3.05) is 20.4 Å². The number of unbranched alkanes of at least 4 members (excludes halogenated alkanes) is 1. The molecule has 0 aromatic heterocycles. The van der Waals surface area contributed by atoms with E-state index in [1.54, 1.807) is 0 Å². The summed E-state index contributed by atoms with van der Waals surface area (Å²) in [6.45, 7) is 15.5. The average molecular weight is 439 g/mol. The van der Waals surface area contributed by atoms with E-state index in [-0.39, 0.29) is 23.2 Å². The van der Waals surface area contributed by atoms with Gasteiger partial charge >= 0.3 is 7.60 Å². The molecule has 0 aliphatic rings. The number of rotatable bonds is 9. The van der Waals surface area contributed by atoms with E-state index in [0.717, 1.165) is 29.5 Å². The highest BCUT2D eigenvalue weighted by molar-refractivity contribution is 7.52. The SMILES string of the molecule is CCCCC(=Cc1cc(C(C)(C)C)c(O)c(C(C)(C)C)c1)C(=O)COP(C)(=O)OC. The van der Waals surface area contributed by atoms with Gasteiger partial charge in [0.05, 0.1) is 0 Å². The van der Waals surface area contributed by atoms with Gasteiger partial charge < -0.3 is 14.2 Å². The second-order valence-corrected chi connectivity index (χ2v) is 12.1. The Bertz CT molecular complexity index is 790. The lowest BCUT2D eigenvalue weighted by Gasteiger charge is -2.28. The van der Waals surface area contributed by atoms with E-state index in [9.17, 15) is 14.5 Å². The van der Waals surface area contributed by atoms with Crippen molar-refractivity contribution in [2.24, 2.45) is 0 Å². The van der Waals surface area contributed by atoms with Gasteiger partial charge in [-0.25, -0.2) is 0 Å². The number of phenolic OH excluding ortho intramolecular Hbond substituents is 1. The van der Waals surface area contributed by atoms with Crippen LogP contribution >= 0.6 is 7.60 Å². The minimum atomic E-state index is -3.22. The van der Waals surface area contributed by atoms with Crippen LogP contribution in [0.2, 0.25) is 0 Å². The number of hydrogen-bond acceptors (Lipinski definition) is 5. The number of phenols is 1. The van der Waals surface area contributed by atoms with E-state index >= 15 is 0 Å². The number of ketones is 1. The normalized spacial score (nSPS) is 15.2. The Hall–Kier alpha value is -1.42. The van der Waals surface area contributed by atoms with Crippen LogP contribution in [-0.4, -0.2) is 31.3 Å². The second kappa shape index (κ2) is 10.3. The molecule has 1 N–H and O–H groups in total. The highest BCUT2D eigenvalue weighted by Gasteiger charge is 2.26. The van der Waals surface area contributed by atoms with Crippen molar-refractivity contribution in [1.82, 2.24) is 0 Å². The van der Waals surface area contributed by atoms with Gasteiger partial charge in [-0.2, -0.15) is 0 Å². The lowest BCUT2D eigenvalue weighted by Crippen LogP contribution is -2.17. The first-order valence-electron chi connectivity index (χ1n) is 10.5. The Morgan fingerprint density at radius 1 is 1.10 bits per heavy atom. The van der Waals surface area contributed by atoms with E-state index in [4.69, 9.17) is 9.05 Å². The molecule has 5 nitrogen and oxygen atoms in total. The summed E-state index contributed by atoms with van der Waals surface area (Å²) >= 11 is 0. The van der Waals surface area contributed by atoms with Crippen LogP contribution in [0, 0.1) is 0 Å². The van der Waals surface area contributed by atoms with Crippen LogP contribution in [-0.2, 0) is 29.2 Å². The van der Waals surface area contributed by atoms with Crippen molar-refractivity contribution in [3.8, 4) is 5.75 Å². The second-order valence-electron chi connectivity index (χ2n) is 9.89. The van der Waals surface area contributed by atoms with Gasteiger partial charge in [-0.1, -0.05) is 54.9 Å². The molecule has 0 radical (unpaired) electrons. The molecule has 0 saturated heterocycles. The van der Waals surface area contributed by atoms with Gasteiger partial charge in [0, 0.05) is 24.9 Å². The minimum absolute atomic E-state index is 0.203. The first-order valence-corrected chi connectivity index (χ1v) is 12.5. The maximum Gasteiger partial charge on any atom is 0.327 e. The van der Waals surface area contributed by atoms with E-state index in [1.807, 2.05) is 18.2 Å². The van der Waals surface area contributed by atoms with Gasteiger partial charge in [0.2, 0.25) is 0 Å². The van der Waals surface area contributed by atoms with Gasteiger partial charge in [-0.3, -0.25) is 9.36 Å². The summed E-state index contributed by atoms with van der Waals surface area (Å²) in [6, 6.07) is 3.90. The first-order chi connectivity index (χ1) is 13.6. The lowest BCUT2D eigenvalue weighted by molar-refractivity contribution is -0.117. The monoisotopic (exact) mass is 438 g/mol. The Labute approximate surface area is 182 Å². The number of aromatic hydroxyl groups is 1. The van der Waals surface area contributed by atoms with Crippen molar-refractivity contribution in [2.45, 2.75) is 78.6 Å². The summed E-state index contributed by atoms with van der Waals surface area (Å²) in [5.41, 5.74) is 2.68. The zero-order valence-electron chi connectivity index (χ0n) is 20.1. The summed E-state index contributed by atoms with van der Waals surface area (Å²) in [4.78, 5) is 12.8. The maximum atomic E-state index is 12.8. The van der Waals surface area contributed by atoms with Crippen LogP contribution in [0.15, 0.2) is 17.7 Å². The van der Waals surface area contributed by atoms with Gasteiger partial charge in [-0.05, 0) is 53.0 Å². The predicted octanol–water partition coefficient (Wildman–Crippen LogP) is 6.62. The molecular weight excluding hydrogens is 399 g/mol. The Morgan fingerprint density at radius 2 is 1.60 bits per heavy atom. The molecule has 6 heteroatoms. The highest BCUT2D eigenvalue weighted by atomic mass is 31.2. The molecule has 0 heterocycles. The van der Waals surface area contributed by atoms with Crippen LogP contribution in [0.4, 0.5) is 0 Å².